The molecular weight excluding hydrogens is 234 g/mol. The van der Waals surface area contributed by atoms with Crippen molar-refractivity contribution < 1.29 is 9.21 Å². The van der Waals surface area contributed by atoms with E-state index < -0.39 is 0 Å². The van der Waals surface area contributed by atoms with Crippen molar-refractivity contribution in [3.63, 3.8) is 0 Å². The van der Waals surface area contributed by atoms with Gasteiger partial charge < -0.3 is 4.42 Å². The van der Waals surface area contributed by atoms with E-state index in [0.29, 0.717) is 21.5 Å². The van der Waals surface area contributed by atoms with Crippen LogP contribution in [0, 0.1) is 0 Å². The van der Waals surface area contributed by atoms with Gasteiger partial charge in [0.15, 0.2) is 11.4 Å². The van der Waals surface area contributed by atoms with Gasteiger partial charge >= 0.3 is 0 Å². The lowest BCUT2D eigenvalue weighted by Gasteiger charge is -1.92. The Morgan fingerprint density at radius 1 is 1.54 bits per heavy atom. The zero-order chi connectivity index (χ0) is 9.42. The third-order valence-corrected chi connectivity index (χ3v) is 2.11. The molecule has 0 unspecified atom stereocenters. The maximum Gasteiger partial charge on any atom is 0.265 e. The van der Waals surface area contributed by atoms with Gasteiger partial charge in [0, 0.05) is 21.5 Å². The summed E-state index contributed by atoms with van der Waals surface area (Å²) in [7, 11) is 0. The number of carbonyl (C=O) groups excluding carboxylic acids is 1. The Hall–Kier alpha value is -1.16. The van der Waals surface area contributed by atoms with Crippen LogP contribution < -0.4 is 0 Å². The minimum atomic E-state index is 0.0287. The quantitative estimate of drug-likeness (QED) is 0.719. The van der Waals surface area contributed by atoms with E-state index in [1.807, 2.05) is 0 Å². The van der Waals surface area contributed by atoms with E-state index in [-0.39, 0.29) is 5.78 Å². The predicted octanol–water partition coefficient (Wildman–Crippen LogP) is 2.79. The van der Waals surface area contributed by atoms with Gasteiger partial charge in [0.2, 0.25) is 0 Å². The fourth-order valence-corrected chi connectivity index (χ4v) is 1.48. The Morgan fingerprint density at radius 2 is 2.31 bits per heavy atom. The summed E-state index contributed by atoms with van der Waals surface area (Å²) >= 11 is 3.12. The van der Waals surface area contributed by atoms with Crippen molar-refractivity contribution in [2.45, 2.75) is 6.92 Å². The van der Waals surface area contributed by atoms with Crippen molar-refractivity contribution in [1.29, 1.82) is 0 Å². The molecule has 2 rings (SSSR count). The van der Waals surface area contributed by atoms with Crippen LogP contribution in [0.25, 0.3) is 11.1 Å². The molecule has 0 aliphatic heterocycles. The highest BCUT2D eigenvalue weighted by molar-refractivity contribution is 9.10. The van der Waals surface area contributed by atoms with Gasteiger partial charge in [-0.15, -0.1) is 0 Å². The molecule has 0 aliphatic rings. The number of fused-ring (bicyclic) bond motifs is 1. The lowest BCUT2D eigenvalue weighted by atomic mass is 10.1. The third kappa shape index (κ3) is 1.49. The van der Waals surface area contributed by atoms with Crippen molar-refractivity contribution in [3.8, 4) is 0 Å². The lowest BCUT2D eigenvalue weighted by Crippen LogP contribution is -1.90. The van der Waals surface area contributed by atoms with E-state index >= 15 is 0 Å². The molecule has 4 heteroatoms. The molecule has 0 radical (unpaired) electrons. The van der Waals surface area contributed by atoms with Crippen molar-refractivity contribution in [2.75, 3.05) is 0 Å². The molecule has 0 fully saturated rings. The molecular formula is C9H6BrNO2. The second kappa shape index (κ2) is 2.96. The molecule has 0 saturated heterocycles. The number of hydrogen-bond donors (Lipinski definition) is 0. The second-order valence-electron chi connectivity index (χ2n) is 2.71. The topological polar surface area (TPSA) is 43.1 Å². The molecule has 2 aromatic rings. The Bertz CT molecular complexity index is 475. The fourth-order valence-electron chi connectivity index (χ4n) is 1.12. The number of Topliss-reactive ketones (excluding diaryl/α,β-unsaturated/α-hetero) is 1. The van der Waals surface area contributed by atoms with Crippen molar-refractivity contribution >= 4 is 32.8 Å². The Kier molecular flexibility index (Phi) is 1.92. The summed E-state index contributed by atoms with van der Waals surface area (Å²) in [6.07, 6.45) is 0. The van der Waals surface area contributed by atoms with Crippen LogP contribution in [0.1, 0.15) is 17.3 Å². The predicted molar refractivity (Wildman–Crippen MR) is 51.7 cm³/mol. The molecule has 13 heavy (non-hydrogen) atoms. The zero-order valence-corrected chi connectivity index (χ0v) is 8.46. The Labute approximate surface area is 82.9 Å². The number of carbonyl (C=O) groups is 1. The van der Waals surface area contributed by atoms with Crippen LogP contribution in [0.2, 0.25) is 0 Å². The number of halogens is 1. The molecule has 1 aromatic heterocycles. The third-order valence-electron chi connectivity index (χ3n) is 1.77. The van der Waals surface area contributed by atoms with Crippen molar-refractivity contribution in [2.24, 2.45) is 0 Å². The van der Waals surface area contributed by atoms with Crippen LogP contribution in [0.3, 0.4) is 0 Å². The van der Waals surface area contributed by atoms with Crippen LogP contribution in [-0.4, -0.2) is 10.8 Å². The summed E-state index contributed by atoms with van der Waals surface area (Å²) in [6, 6.07) is 5.18. The van der Waals surface area contributed by atoms with E-state index in [2.05, 4.69) is 20.9 Å². The maximum absolute atomic E-state index is 11.0. The van der Waals surface area contributed by atoms with Crippen LogP contribution in [0.4, 0.5) is 0 Å². The van der Waals surface area contributed by atoms with Crippen LogP contribution in [-0.2, 0) is 0 Å². The maximum atomic E-state index is 11.0. The first-order valence-electron chi connectivity index (χ1n) is 3.74. The smallest absolute Gasteiger partial charge is 0.265 e. The van der Waals surface area contributed by atoms with E-state index in [4.69, 9.17) is 4.42 Å². The monoisotopic (exact) mass is 239 g/mol. The molecule has 0 bridgehead atoms. The highest BCUT2D eigenvalue weighted by Crippen LogP contribution is 2.20. The minimum Gasteiger partial charge on any atom is -0.431 e. The zero-order valence-electron chi connectivity index (χ0n) is 6.87. The van der Waals surface area contributed by atoms with Crippen LogP contribution in [0.5, 0.6) is 0 Å². The Balaban J connectivity index is 2.67. The molecule has 0 atom stereocenters. The largest absolute Gasteiger partial charge is 0.431 e. The van der Waals surface area contributed by atoms with Gasteiger partial charge in [-0.05, 0) is 25.1 Å². The summed E-state index contributed by atoms with van der Waals surface area (Å²) in [6.45, 7) is 1.52. The summed E-state index contributed by atoms with van der Waals surface area (Å²) in [5.41, 5.74) is 2.02. The number of hydrogen-bond acceptors (Lipinski definition) is 3. The van der Waals surface area contributed by atoms with Gasteiger partial charge in [-0.2, -0.15) is 0 Å². The SMILES string of the molecule is CC(=O)c1ccc2oc(Br)nc2c1. The average molecular weight is 240 g/mol. The molecule has 1 heterocycles. The summed E-state index contributed by atoms with van der Waals surface area (Å²) in [5, 5.41) is 0. The molecule has 0 amide bonds. The van der Waals surface area contributed by atoms with Crippen molar-refractivity contribution in [1.82, 2.24) is 4.98 Å². The van der Waals surface area contributed by atoms with Gasteiger partial charge in [0.05, 0.1) is 0 Å². The summed E-state index contributed by atoms with van der Waals surface area (Å²) < 4.78 is 5.20. The number of ketones is 1. The van der Waals surface area contributed by atoms with Gasteiger partial charge in [-0.1, -0.05) is 0 Å². The van der Waals surface area contributed by atoms with E-state index in [1.54, 1.807) is 18.2 Å². The average Bonchev–Trinajstić information content (AvgIpc) is 2.42. The Morgan fingerprint density at radius 3 is 3.00 bits per heavy atom. The van der Waals surface area contributed by atoms with Gasteiger partial charge in [0.25, 0.3) is 4.80 Å². The second-order valence-corrected chi connectivity index (χ2v) is 3.38. The summed E-state index contributed by atoms with van der Waals surface area (Å²) in [4.78, 5) is 15.5. The normalized spacial score (nSPS) is 10.6. The van der Waals surface area contributed by atoms with Crippen molar-refractivity contribution in [3.05, 3.63) is 28.6 Å². The number of rotatable bonds is 1. The molecule has 0 saturated carbocycles. The molecule has 66 valence electrons. The summed E-state index contributed by atoms with van der Waals surface area (Å²) in [5.74, 6) is 0.0287. The van der Waals surface area contributed by atoms with Gasteiger partial charge in [0.1, 0.15) is 5.52 Å². The molecule has 1 aromatic carbocycles. The van der Waals surface area contributed by atoms with Crippen LogP contribution >= 0.6 is 15.9 Å². The number of aromatic nitrogens is 1. The van der Waals surface area contributed by atoms with Gasteiger partial charge in [-0.3, -0.25) is 4.79 Å². The lowest BCUT2D eigenvalue weighted by molar-refractivity contribution is 0.101. The fraction of sp³-hybridized carbons (Fsp3) is 0.111. The van der Waals surface area contributed by atoms with Gasteiger partial charge in [-0.25, -0.2) is 4.98 Å². The highest BCUT2D eigenvalue weighted by atomic mass is 79.9. The van der Waals surface area contributed by atoms with Crippen LogP contribution in [0.15, 0.2) is 27.4 Å². The first-order chi connectivity index (χ1) is 6.16. The van der Waals surface area contributed by atoms with E-state index in [0.717, 1.165) is 0 Å². The first-order valence-corrected chi connectivity index (χ1v) is 4.53. The first kappa shape index (κ1) is 8.44. The van der Waals surface area contributed by atoms with E-state index in [9.17, 15) is 4.79 Å². The number of benzene rings is 1. The molecule has 0 N–H and O–H groups in total. The molecule has 0 spiro atoms. The molecule has 3 nitrogen and oxygen atoms in total. The highest BCUT2D eigenvalue weighted by Gasteiger charge is 2.05. The number of oxazole rings is 1. The van der Waals surface area contributed by atoms with E-state index in [1.165, 1.54) is 6.92 Å². The molecule has 0 aliphatic carbocycles. The number of nitrogens with zero attached hydrogens (tertiary/aromatic N) is 1. The standard InChI is InChI=1S/C9H6BrNO2/c1-5(12)6-2-3-8-7(4-6)11-9(10)13-8/h2-4H,1H3. The minimum absolute atomic E-state index is 0.0287.